The van der Waals surface area contributed by atoms with Gasteiger partial charge in [0.1, 0.15) is 5.82 Å². The van der Waals surface area contributed by atoms with Crippen LogP contribution < -0.4 is 5.32 Å². The number of carbonyl (C=O) groups excluding carboxylic acids is 2. The van der Waals surface area contributed by atoms with E-state index >= 15 is 0 Å². The monoisotopic (exact) mass is 280 g/mol. The minimum Gasteiger partial charge on any atom is -0.345 e. The Morgan fingerprint density at radius 3 is 2.89 bits per heavy atom. The van der Waals surface area contributed by atoms with E-state index in [1.165, 1.54) is 0 Å². The Hall–Kier alpha value is -1.50. The van der Waals surface area contributed by atoms with Gasteiger partial charge in [-0.15, -0.1) is 0 Å². The molecule has 3 rings (SSSR count). The lowest BCUT2D eigenvalue weighted by Gasteiger charge is -2.12. The Kier molecular flexibility index (Phi) is 3.00. The van der Waals surface area contributed by atoms with Crippen molar-refractivity contribution in [3.63, 3.8) is 0 Å². The first kappa shape index (κ1) is 12.5. The molecular formula is C12H16N4O2S. The summed E-state index contributed by atoms with van der Waals surface area (Å²) in [5.41, 5.74) is 2.18. The average Bonchev–Trinajstić information content (AvgIpc) is 3.00. The average molecular weight is 280 g/mol. The Bertz CT molecular complexity index is 554. The lowest BCUT2D eigenvalue weighted by molar-refractivity contribution is -0.127. The molecule has 0 aromatic carbocycles. The fraction of sp³-hybridized carbons (Fsp3) is 0.583. The van der Waals surface area contributed by atoms with E-state index in [4.69, 9.17) is 0 Å². The van der Waals surface area contributed by atoms with E-state index in [9.17, 15) is 9.59 Å². The number of carbonyl (C=O) groups is 2. The molecule has 0 aliphatic carbocycles. The highest BCUT2D eigenvalue weighted by Gasteiger charge is 2.33. The number of hydrogen-bond donors (Lipinski definition) is 1. The number of amides is 2. The molecular weight excluding hydrogens is 264 g/mol. The van der Waals surface area contributed by atoms with Crippen molar-refractivity contribution in [3.8, 4) is 0 Å². The number of fused-ring (bicyclic) bond motifs is 1. The number of nitrogens with zero attached hydrogens (tertiary/aromatic N) is 3. The number of rotatable bonds is 2. The summed E-state index contributed by atoms with van der Waals surface area (Å²) in [6.07, 6.45) is 0.303. The lowest BCUT2D eigenvalue weighted by atomic mass is 10.1. The van der Waals surface area contributed by atoms with E-state index in [0.717, 1.165) is 28.6 Å². The Morgan fingerprint density at radius 1 is 1.42 bits per heavy atom. The third-order valence-corrected chi connectivity index (χ3v) is 4.64. The molecule has 1 N–H and O–H groups in total. The topological polar surface area (TPSA) is 67.2 Å². The van der Waals surface area contributed by atoms with Crippen LogP contribution in [0.2, 0.25) is 0 Å². The van der Waals surface area contributed by atoms with Crippen LogP contribution in [0.5, 0.6) is 0 Å². The van der Waals surface area contributed by atoms with E-state index in [2.05, 4.69) is 10.4 Å². The van der Waals surface area contributed by atoms with Gasteiger partial charge in [0.25, 0.3) is 0 Å². The summed E-state index contributed by atoms with van der Waals surface area (Å²) in [7, 11) is 3.57. The largest absolute Gasteiger partial charge is 0.345 e. The molecule has 1 saturated heterocycles. The number of hydrogen-bond acceptors (Lipinski definition) is 4. The van der Waals surface area contributed by atoms with Gasteiger partial charge < -0.3 is 10.2 Å². The maximum absolute atomic E-state index is 12.2. The number of likely N-dealkylation sites (tertiary alicyclic amines) is 1. The third kappa shape index (κ3) is 2.11. The SMILES string of the molecule is CN1C[C@@H](C(=O)Nc2c3c(nn2C)CSC3)CC1=O. The highest BCUT2D eigenvalue weighted by molar-refractivity contribution is 7.98. The normalized spacial score (nSPS) is 21.9. The summed E-state index contributed by atoms with van der Waals surface area (Å²) in [6, 6.07) is 0. The zero-order valence-electron chi connectivity index (χ0n) is 11.0. The van der Waals surface area contributed by atoms with Crippen molar-refractivity contribution >= 4 is 29.4 Å². The molecule has 1 atom stereocenters. The molecule has 1 aromatic rings. The van der Waals surface area contributed by atoms with Crippen LogP contribution in [-0.2, 0) is 28.1 Å². The fourth-order valence-corrected chi connectivity index (χ4v) is 3.59. The van der Waals surface area contributed by atoms with Gasteiger partial charge in [0.15, 0.2) is 0 Å². The molecule has 2 amide bonds. The van der Waals surface area contributed by atoms with Crippen LogP contribution in [0.25, 0.3) is 0 Å². The van der Waals surface area contributed by atoms with Gasteiger partial charge in [-0.2, -0.15) is 16.9 Å². The molecule has 7 heteroatoms. The van der Waals surface area contributed by atoms with Gasteiger partial charge >= 0.3 is 0 Å². The first-order chi connectivity index (χ1) is 9.06. The first-order valence-corrected chi connectivity index (χ1v) is 7.39. The molecule has 19 heavy (non-hydrogen) atoms. The quantitative estimate of drug-likeness (QED) is 0.860. The molecule has 102 valence electrons. The van der Waals surface area contributed by atoms with E-state index in [1.54, 1.807) is 28.4 Å². The van der Waals surface area contributed by atoms with Gasteiger partial charge in [-0.25, -0.2) is 0 Å². The summed E-state index contributed by atoms with van der Waals surface area (Å²) >= 11 is 1.80. The van der Waals surface area contributed by atoms with E-state index in [-0.39, 0.29) is 17.7 Å². The van der Waals surface area contributed by atoms with E-state index in [1.807, 2.05) is 7.05 Å². The predicted molar refractivity (Wildman–Crippen MR) is 72.6 cm³/mol. The summed E-state index contributed by atoms with van der Waals surface area (Å²) in [4.78, 5) is 25.3. The van der Waals surface area contributed by atoms with Crippen LogP contribution in [0.15, 0.2) is 0 Å². The minimum atomic E-state index is -0.253. The van der Waals surface area contributed by atoms with Crippen molar-refractivity contribution in [1.82, 2.24) is 14.7 Å². The summed E-state index contributed by atoms with van der Waals surface area (Å²) in [5.74, 6) is 2.28. The van der Waals surface area contributed by atoms with Crippen LogP contribution >= 0.6 is 11.8 Å². The smallest absolute Gasteiger partial charge is 0.230 e. The van der Waals surface area contributed by atoms with Gasteiger partial charge in [-0.1, -0.05) is 0 Å². The van der Waals surface area contributed by atoms with Crippen molar-refractivity contribution in [2.75, 3.05) is 18.9 Å². The molecule has 3 heterocycles. The zero-order valence-corrected chi connectivity index (χ0v) is 11.8. The maximum atomic E-state index is 12.2. The van der Waals surface area contributed by atoms with Crippen LogP contribution in [0.3, 0.4) is 0 Å². The Labute approximate surface area is 115 Å². The predicted octanol–water partition coefficient (Wildman–Crippen LogP) is 0.584. The molecule has 2 aliphatic heterocycles. The van der Waals surface area contributed by atoms with Gasteiger partial charge in [0, 0.05) is 44.1 Å². The molecule has 0 unspecified atom stereocenters. The molecule has 0 spiro atoms. The molecule has 1 fully saturated rings. The molecule has 1 aromatic heterocycles. The van der Waals surface area contributed by atoms with Crippen LogP contribution in [0, 0.1) is 5.92 Å². The molecule has 2 aliphatic rings. The van der Waals surface area contributed by atoms with Crippen molar-refractivity contribution in [2.45, 2.75) is 17.9 Å². The van der Waals surface area contributed by atoms with Gasteiger partial charge in [0.2, 0.25) is 11.8 Å². The zero-order chi connectivity index (χ0) is 13.6. The van der Waals surface area contributed by atoms with Crippen molar-refractivity contribution in [1.29, 1.82) is 0 Å². The second-order valence-corrected chi connectivity index (χ2v) is 6.04. The lowest BCUT2D eigenvalue weighted by Crippen LogP contribution is -2.26. The van der Waals surface area contributed by atoms with Gasteiger partial charge in [-0.05, 0) is 0 Å². The fourth-order valence-electron chi connectivity index (χ4n) is 2.56. The van der Waals surface area contributed by atoms with Crippen LogP contribution in [0.1, 0.15) is 17.7 Å². The standard InChI is InChI=1S/C12H16N4O2S/c1-15-4-7(3-10(15)17)12(18)13-11-8-5-19-6-9(8)14-16(11)2/h7H,3-6H2,1-2H3,(H,13,18)/t7-/m0/s1. The van der Waals surface area contributed by atoms with Crippen LogP contribution in [0.4, 0.5) is 5.82 Å². The molecule has 0 saturated carbocycles. The number of nitrogens with one attached hydrogen (secondary N) is 1. The second-order valence-electron chi connectivity index (χ2n) is 5.05. The minimum absolute atomic E-state index is 0.0333. The highest BCUT2D eigenvalue weighted by Crippen LogP contribution is 2.34. The Morgan fingerprint density at radius 2 is 2.21 bits per heavy atom. The van der Waals surface area contributed by atoms with Crippen LogP contribution in [-0.4, -0.2) is 40.1 Å². The van der Waals surface area contributed by atoms with Crippen molar-refractivity contribution in [3.05, 3.63) is 11.3 Å². The third-order valence-electron chi connectivity index (χ3n) is 3.67. The van der Waals surface area contributed by atoms with Crippen molar-refractivity contribution in [2.24, 2.45) is 13.0 Å². The number of aryl methyl sites for hydroxylation is 1. The Balaban J connectivity index is 1.75. The summed E-state index contributed by atoms with van der Waals surface area (Å²) in [5, 5.41) is 7.35. The summed E-state index contributed by atoms with van der Waals surface area (Å²) < 4.78 is 1.72. The maximum Gasteiger partial charge on any atom is 0.230 e. The van der Waals surface area contributed by atoms with Gasteiger partial charge in [-0.3, -0.25) is 14.3 Å². The summed E-state index contributed by atoms with van der Waals surface area (Å²) in [6.45, 7) is 0.499. The number of aromatic nitrogens is 2. The van der Waals surface area contributed by atoms with E-state index in [0.29, 0.717) is 13.0 Å². The first-order valence-electron chi connectivity index (χ1n) is 6.23. The molecule has 6 nitrogen and oxygen atoms in total. The molecule has 0 radical (unpaired) electrons. The highest BCUT2D eigenvalue weighted by atomic mass is 32.2. The number of thioether (sulfide) groups is 1. The van der Waals surface area contributed by atoms with E-state index < -0.39 is 0 Å². The molecule has 0 bridgehead atoms. The van der Waals surface area contributed by atoms with Crippen molar-refractivity contribution < 1.29 is 9.59 Å². The number of anilines is 1. The van der Waals surface area contributed by atoms with Gasteiger partial charge in [0.05, 0.1) is 11.6 Å². The second kappa shape index (κ2) is 4.56.